The highest BCUT2D eigenvalue weighted by Gasteiger charge is 2.06. The fourth-order valence-corrected chi connectivity index (χ4v) is 1.93. The van der Waals surface area contributed by atoms with Crippen LogP contribution < -0.4 is 0 Å². The molecule has 0 amide bonds. The Bertz CT molecular complexity index is 761. The molecule has 0 aliphatic carbocycles. The van der Waals surface area contributed by atoms with Crippen LogP contribution in [0.2, 0.25) is 0 Å². The maximum Gasteiger partial charge on any atom is 0.158 e. The molecule has 0 atom stereocenters. The van der Waals surface area contributed by atoms with Gasteiger partial charge in [-0.15, -0.1) is 0 Å². The second kappa shape index (κ2) is 4.69. The van der Waals surface area contributed by atoms with Gasteiger partial charge in [0.1, 0.15) is 16.7 Å². The van der Waals surface area contributed by atoms with Crippen molar-refractivity contribution in [3.63, 3.8) is 0 Å². The smallest absolute Gasteiger partial charge is 0.158 e. The maximum absolute atomic E-state index is 5.19. The summed E-state index contributed by atoms with van der Waals surface area (Å²) in [6.45, 7) is 0. The molecule has 3 heterocycles. The zero-order chi connectivity index (χ0) is 13.2. The van der Waals surface area contributed by atoms with Gasteiger partial charge in [-0.2, -0.15) is 5.10 Å². The zero-order valence-electron chi connectivity index (χ0n) is 10.1. The van der Waals surface area contributed by atoms with Crippen LogP contribution in [0, 0.1) is 4.64 Å². The van der Waals surface area contributed by atoms with Crippen molar-refractivity contribution in [2.45, 2.75) is 0 Å². The van der Waals surface area contributed by atoms with Gasteiger partial charge in [-0.05, 0) is 12.1 Å². The molecule has 0 bridgehead atoms. The number of H-pyrrole nitrogens is 1. The number of hydrogen-bond acceptors (Lipinski definition) is 5. The summed E-state index contributed by atoms with van der Waals surface area (Å²) in [5.74, 6) is 0.619. The highest BCUT2D eigenvalue weighted by Crippen LogP contribution is 2.19. The first-order valence-corrected chi connectivity index (χ1v) is 6.00. The lowest BCUT2D eigenvalue weighted by atomic mass is 10.2. The average Bonchev–Trinajstić information content (AvgIpc) is 2.86. The third-order valence-electron chi connectivity index (χ3n) is 2.58. The monoisotopic (exact) mass is 270 g/mol. The molecule has 0 fully saturated rings. The Hall–Kier alpha value is -2.41. The van der Waals surface area contributed by atoms with Crippen LogP contribution >= 0.6 is 12.2 Å². The Balaban J connectivity index is 2.14. The minimum absolute atomic E-state index is 0.506. The first kappa shape index (κ1) is 11.7. The van der Waals surface area contributed by atoms with E-state index in [1.807, 2.05) is 13.2 Å². The Morgan fingerprint density at radius 3 is 2.95 bits per heavy atom. The lowest BCUT2D eigenvalue weighted by molar-refractivity contribution is 0.768. The van der Waals surface area contributed by atoms with Gasteiger partial charge in [0.15, 0.2) is 5.82 Å². The maximum atomic E-state index is 5.19. The molecule has 94 valence electrons. The molecule has 3 aromatic heterocycles. The van der Waals surface area contributed by atoms with E-state index in [0.29, 0.717) is 16.2 Å². The van der Waals surface area contributed by atoms with Crippen molar-refractivity contribution < 1.29 is 0 Å². The summed E-state index contributed by atoms with van der Waals surface area (Å²) in [7, 11) is 1.87. The van der Waals surface area contributed by atoms with E-state index in [4.69, 9.17) is 12.2 Å². The highest BCUT2D eigenvalue weighted by molar-refractivity contribution is 7.71. The predicted octanol–water partition coefficient (Wildman–Crippen LogP) is 2.00. The first-order chi connectivity index (χ1) is 9.22. The van der Waals surface area contributed by atoms with Crippen molar-refractivity contribution >= 4 is 12.2 Å². The molecule has 0 aromatic carbocycles. The molecule has 0 saturated carbocycles. The molecule has 3 aromatic rings. The van der Waals surface area contributed by atoms with Gasteiger partial charge in [-0.25, -0.2) is 15.0 Å². The lowest BCUT2D eigenvalue weighted by Crippen LogP contribution is -1.94. The SMILES string of the molecule is Cn1cc(-c2cc(=S)nc(-c3ccncn3)[nH]2)cn1. The van der Waals surface area contributed by atoms with Crippen LogP contribution in [0.15, 0.2) is 37.1 Å². The van der Waals surface area contributed by atoms with Crippen molar-refractivity contribution in [2.75, 3.05) is 0 Å². The number of hydrogen-bond donors (Lipinski definition) is 1. The molecule has 19 heavy (non-hydrogen) atoms. The standard InChI is InChI=1S/C12H10N6S/c1-18-6-8(5-15-18)10-4-11(19)17-12(16-10)9-2-3-13-7-14-9/h2-7H,1H3,(H,16,17,19). The van der Waals surface area contributed by atoms with Gasteiger partial charge in [0.05, 0.1) is 11.9 Å². The van der Waals surface area contributed by atoms with Crippen molar-refractivity contribution in [2.24, 2.45) is 7.05 Å². The van der Waals surface area contributed by atoms with Gasteiger partial charge in [-0.3, -0.25) is 4.68 Å². The van der Waals surface area contributed by atoms with Crippen molar-refractivity contribution in [3.8, 4) is 22.8 Å². The van der Waals surface area contributed by atoms with Crippen molar-refractivity contribution in [1.29, 1.82) is 0 Å². The average molecular weight is 270 g/mol. The Morgan fingerprint density at radius 2 is 2.26 bits per heavy atom. The van der Waals surface area contributed by atoms with E-state index in [9.17, 15) is 0 Å². The summed E-state index contributed by atoms with van der Waals surface area (Å²) in [6, 6.07) is 3.58. The van der Waals surface area contributed by atoms with E-state index in [2.05, 4.69) is 25.0 Å². The number of nitrogens with one attached hydrogen (secondary N) is 1. The van der Waals surface area contributed by atoms with Crippen LogP contribution in [0.3, 0.4) is 0 Å². The predicted molar refractivity (Wildman–Crippen MR) is 72.6 cm³/mol. The molecule has 0 radical (unpaired) electrons. The molecular weight excluding hydrogens is 260 g/mol. The minimum Gasteiger partial charge on any atom is -0.338 e. The molecule has 6 nitrogen and oxygen atoms in total. The van der Waals surface area contributed by atoms with Gasteiger partial charge >= 0.3 is 0 Å². The molecule has 7 heteroatoms. The molecular formula is C12H10N6S. The van der Waals surface area contributed by atoms with Crippen LogP contribution in [0.25, 0.3) is 22.8 Å². The summed E-state index contributed by atoms with van der Waals surface area (Å²) in [6.07, 6.45) is 6.82. The van der Waals surface area contributed by atoms with E-state index in [1.165, 1.54) is 6.33 Å². The summed E-state index contributed by atoms with van der Waals surface area (Å²) in [5, 5.41) is 4.14. The zero-order valence-corrected chi connectivity index (χ0v) is 10.9. The summed E-state index contributed by atoms with van der Waals surface area (Å²) in [4.78, 5) is 15.5. The summed E-state index contributed by atoms with van der Waals surface area (Å²) < 4.78 is 2.24. The van der Waals surface area contributed by atoms with E-state index in [1.54, 1.807) is 29.2 Å². The van der Waals surface area contributed by atoms with Crippen LogP contribution in [-0.2, 0) is 7.05 Å². The largest absolute Gasteiger partial charge is 0.338 e. The van der Waals surface area contributed by atoms with E-state index >= 15 is 0 Å². The van der Waals surface area contributed by atoms with Gasteiger partial charge in [-0.1, -0.05) is 12.2 Å². The van der Waals surface area contributed by atoms with Gasteiger partial charge in [0.2, 0.25) is 0 Å². The van der Waals surface area contributed by atoms with E-state index in [0.717, 1.165) is 11.3 Å². The first-order valence-electron chi connectivity index (χ1n) is 5.59. The Morgan fingerprint density at radius 1 is 1.37 bits per heavy atom. The molecule has 1 N–H and O–H groups in total. The van der Waals surface area contributed by atoms with Crippen LogP contribution in [0.4, 0.5) is 0 Å². The van der Waals surface area contributed by atoms with Gasteiger partial charge < -0.3 is 4.98 Å². The second-order valence-electron chi connectivity index (χ2n) is 3.98. The van der Waals surface area contributed by atoms with Crippen LogP contribution in [-0.4, -0.2) is 29.7 Å². The topological polar surface area (TPSA) is 72.3 Å². The van der Waals surface area contributed by atoms with E-state index in [-0.39, 0.29) is 0 Å². The molecule has 0 saturated heterocycles. The fraction of sp³-hybridized carbons (Fsp3) is 0.0833. The molecule has 0 unspecified atom stereocenters. The number of rotatable bonds is 2. The second-order valence-corrected chi connectivity index (χ2v) is 4.40. The van der Waals surface area contributed by atoms with Gasteiger partial charge in [0, 0.05) is 25.0 Å². The Kier molecular flexibility index (Phi) is 2.88. The number of aryl methyl sites for hydroxylation is 1. The highest BCUT2D eigenvalue weighted by atomic mass is 32.1. The molecule has 3 rings (SSSR count). The summed E-state index contributed by atoms with van der Waals surface area (Å²) in [5.41, 5.74) is 2.51. The quantitative estimate of drug-likeness (QED) is 0.721. The number of nitrogens with zero attached hydrogens (tertiary/aromatic N) is 5. The number of aromatic nitrogens is 6. The van der Waals surface area contributed by atoms with Gasteiger partial charge in [0.25, 0.3) is 0 Å². The molecule has 0 aliphatic rings. The third-order valence-corrected chi connectivity index (χ3v) is 2.79. The van der Waals surface area contributed by atoms with E-state index < -0.39 is 0 Å². The lowest BCUT2D eigenvalue weighted by Gasteiger charge is -2.03. The Labute approximate surface area is 114 Å². The van der Waals surface area contributed by atoms with Crippen LogP contribution in [0.1, 0.15) is 0 Å². The summed E-state index contributed by atoms with van der Waals surface area (Å²) >= 11 is 5.19. The molecule has 0 aliphatic heterocycles. The third kappa shape index (κ3) is 2.41. The minimum atomic E-state index is 0.506. The van der Waals surface area contributed by atoms with Crippen LogP contribution in [0.5, 0.6) is 0 Å². The van der Waals surface area contributed by atoms with Crippen molar-refractivity contribution in [1.82, 2.24) is 29.7 Å². The molecule has 0 spiro atoms. The number of aromatic amines is 1. The van der Waals surface area contributed by atoms with Crippen molar-refractivity contribution in [3.05, 3.63) is 41.7 Å². The normalized spacial score (nSPS) is 10.6. The fourth-order valence-electron chi connectivity index (χ4n) is 1.73.